The van der Waals surface area contributed by atoms with E-state index in [1.165, 1.54) is 12.3 Å². The number of hydroxylamine groups is 1. The monoisotopic (exact) mass is 294 g/mol. The summed E-state index contributed by atoms with van der Waals surface area (Å²) in [6.07, 6.45) is 1.98. The normalized spacial score (nSPS) is 11.7. The third-order valence-corrected chi connectivity index (χ3v) is 2.89. The van der Waals surface area contributed by atoms with Crippen molar-refractivity contribution in [3.8, 4) is 0 Å². The van der Waals surface area contributed by atoms with Crippen LogP contribution in [-0.2, 0) is 11.2 Å². The molecule has 0 bridgehead atoms. The number of carbonyl (C=O) groups excluding carboxylic acids is 1. The first-order valence-electron chi connectivity index (χ1n) is 6.63. The predicted octanol–water partition coefficient (Wildman–Crippen LogP) is 1.98. The van der Waals surface area contributed by atoms with E-state index < -0.39 is 11.7 Å². The molecule has 0 atom stereocenters. The zero-order chi connectivity index (χ0) is 15.6. The van der Waals surface area contributed by atoms with Gasteiger partial charge in [-0.1, -0.05) is 20.8 Å². The average Bonchev–Trinajstić information content (AvgIpc) is 2.70. The van der Waals surface area contributed by atoms with Crippen LogP contribution in [0.15, 0.2) is 18.3 Å². The summed E-state index contributed by atoms with van der Waals surface area (Å²) < 4.78 is 15.0. The van der Waals surface area contributed by atoms with E-state index in [9.17, 15) is 9.18 Å². The molecule has 0 saturated carbocycles. The molecule has 0 aromatic carbocycles. The second-order valence-corrected chi connectivity index (χ2v) is 6.11. The van der Waals surface area contributed by atoms with E-state index >= 15 is 0 Å². The lowest BCUT2D eigenvalue weighted by atomic mass is 9.90. The van der Waals surface area contributed by atoms with Crippen LogP contribution in [0.4, 0.5) is 10.2 Å². The maximum absolute atomic E-state index is 13.4. The first-order valence-corrected chi connectivity index (χ1v) is 6.63. The number of carbonyl (C=O) groups is 1. The standard InChI is InChI=1S/C14H19FN4O2/c1-14(2,3)6-10-13(16-7-12(20)18-21)19-8-9(15)4-5-11(19)17-10/h4-5,8,16,21H,6-7H2,1-3H3,(H,18,20). The Morgan fingerprint density at radius 3 is 2.76 bits per heavy atom. The quantitative estimate of drug-likeness (QED) is 0.595. The van der Waals surface area contributed by atoms with Gasteiger partial charge in [0.15, 0.2) is 0 Å². The van der Waals surface area contributed by atoms with E-state index in [0.29, 0.717) is 17.9 Å². The Balaban J connectivity index is 2.43. The van der Waals surface area contributed by atoms with E-state index in [0.717, 1.165) is 5.69 Å². The SMILES string of the molecule is CC(C)(C)Cc1nc2ccc(F)cn2c1NCC(=O)NO. The van der Waals surface area contributed by atoms with Crippen LogP contribution in [0.3, 0.4) is 0 Å². The average molecular weight is 294 g/mol. The molecule has 0 saturated heterocycles. The summed E-state index contributed by atoms with van der Waals surface area (Å²) in [6, 6.07) is 2.92. The topological polar surface area (TPSA) is 78.7 Å². The number of aromatic nitrogens is 2. The second kappa shape index (κ2) is 5.69. The fraction of sp³-hybridized carbons (Fsp3) is 0.429. The summed E-state index contributed by atoms with van der Waals surface area (Å²) in [5, 5.41) is 11.5. The number of anilines is 1. The van der Waals surface area contributed by atoms with Crippen LogP contribution in [-0.4, -0.2) is 27.0 Å². The fourth-order valence-electron chi connectivity index (χ4n) is 2.08. The number of nitrogens with zero attached hydrogens (tertiary/aromatic N) is 2. The number of rotatable bonds is 4. The number of pyridine rings is 1. The van der Waals surface area contributed by atoms with Crippen molar-refractivity contribution in [2.45, 2.75) is 27.2 Å². The molecule has 1 amide bonds. The molecule has 0 radical (unpaired) electrons. The van der Waals surface area contributed by atoms with E-state index in [2.05, 4.69) is 31.1 Å². The fourth-order valence-corrected chi connectivity index (χ4v) is 2.08. The number of nitrogens with one attached hydrogen (secondary N) is 2. The van der Waals surface area contributed by atoms with Crippen LogP contribution in [0.25, 0.3) is 5.65 Å². The molecule has 2 aromatic heterocycles. The molecule has 3 N–H and O–H groups in total. The molecule has 6 nitrogen and oxygen atoms in total. The second-order valence-electron chi connectivity index (χ2n) is 6.11. The molecule has 0 spiro atoms. The van der Waals surface area contributed by atoms with Crippen LogP contribution in [0.2, 0.25) is 0 Å². The van der Waals surface area contributed by atoms with E-state index in [1.807, 2.05) is 0 Å². The van der Waals surface area contributed by atoms with Crippen molar-refractivity contribution in [1.82, 2.24) is 14.9 Å². The highest BCUT2D eigenvalue weighted by Gasteiger charge is 2.19. The van der Waals surface area contributed by atoms with Gasteiger partial charge in [-0.05, 0) is 24.0 Å². The Bertz CT molecular complexity index is 661. The van der Waals surface area contributed by atoms with Gasteiger partial charge in [-0.2, -0.15) is 0 Å². The lowest BCUT2D eigenvalue weighted by Crippen LogP contribution is -2.27. The van der Waals surface area contributed by atoms with Gasteiger partial charge in [0.25, 0.3) is 5.91 Å². The smallest absolute Gasteiger partial charge is 0.262 e. The zero-order valence-corrected chi connectivity index (χ0v) is 12.3. The largest absolute Gasteiger partial charge is 0.360 e. The van der Waals surface area contributed by atoms with Crippen molar-refractivity contribution in [2.24, 2.45) is 5.41 Å². The molecular weight excluding hydrogens is 275 g/mol. The summed E-state index contributed by atoms with van der Waals surface area (Å²) in [6.45, 7) is 6.09. The Kier molecular flexibility index (Phi) is 4.13. The highest BCUT2D eigenvalue weighted by Crippen LogP contribution is 2.26. The molecule has 2 aromatic rings. The number of amides is 1. The first kappa shape index (κ1) is 15.2. The van der Waals surface area contributed by atoms with Gasteiger partial charge in [0.05, 0.1) is 12.2 Å². The van der Waals surface area contributed by atoms with E-state index in [-0.39, 0.29) is 12.0 Å². The Morgan fingerprint density at radius 2 is 2.14 bits per heavy atom. The molecule has 114 valence electrons. The molecule has 2 heterocycles. The molecule has 0 aliphatic carbocycles. The minimum atomic E-state index is -0.580. The highest BCUT2D eigenvalue weighted by atomic mass is 19.1. The molecular formula is C14H19FN4O2. The summed E-state index contributed by atoms with van der Waals surface area (Å²) in [5.74, 6) is -0.414. The molecule has 7 heteroatoms. The minimum absolute atomic E-state index is 0.00779. The Labute approximate surface area is 121 Å². The van der Waals surface area contributed by atoms with E-state index in [4.69, 9.17) is 5.21 Å². The number of halogens is 1. The Morgan fingerprint density at radius 1 is 1.43 bits per heavy atom. The van der Waals surface area contributed by atoms with Crippen LogP contribution in [0.5, 0.6) is 0 Å². The number of hydrogen-bond acceptors (Lipinski definition) is 4. The summed E-state index contributed by atoms with van der Waals surface area (Å²) in [4.78, 5) is 15.7. The van der Waals surface area contributed by atoms with Crippen LogP contribution >= 0.6 is 0 Å². The molecule has 0 aliphatic rings. The maximum Gasteiger partial charge on any atom is 0.262 e. The third-order valence-electron chi connectivity index (χ3n) is 2.89. The molecule has 2 rings (SSSR count). The summed E-state index contributed by atoms with van der Waals surface area (Å²) in [7, 11) is 0. The van der Waals surface area contributed by atoms with Crippen molar-refractivity contribution in [3.05, 3.63) is 29.8 Å². The van der Waals surface area contributed by atoms with Gasteiger partial charge >= 0.3 is 0 Å². The number of hydrogen-bond donors (Lipinski definition) is 3. The molecule has 0 aliphatic heterocycles. The van der Waals surface area contributed by atoms with Gasteiger partial charge in [0.1, 0.15) is 17.3 Å². The Hall–Kier alpha value is -2.15. The van der Waals surface area contributed by atoms with Crippen molar-refractivity contribution in [3.63, 3.8) is 0 Å². The van der Waals surface area contributed by atoms with E-state index in [1.54, 1.807) is 15.9 Å². The molecule has 0 fully saturated rings. The lowest BCUT2D eigenvalue weighted by Gasteiger charge is -2.17. The predicted molar refractivity (Wildman–Crippen MR) is 76.7 cm³/mol. The van der Waals surface area contributed by atoms with Gasteiger partial charge in [-0.25, -0.2) is 14.9 Å². The number of fused-ring (bicyclic) bond motifs is 1. The van der Waals surface area contributed by atoms with Gasteiger partial charge in [0, 0.05) is 6.20 Å². The van der Waals surface area contributed by atoms with Gasteiger partial charge in [-0.15, -0.1) is 0 Å². The third kappa shape index (κ3) is 3.69. The minimum Gasteiger partial charge on any atom is -0.360 e. The van der Waals surface area contributed by atoms with Crippen molar-refractivity contribution >= 4 is 17.4 Å². The molecule has 21 heavy (non-hydrogen) atoms. The van der Waals surface area contributed by atoms with Gasteiger partial charge in [0.2, 0.25) is 0 Å². The van der Waals surface area contributed by atoms with Gasteiger partial charge < -0.3 is 5.32 Å². The first-order chi connectivity index (χ1) is 9.80. The molecule has 0 unspecified atom stereocenters. The van der Waals surface area contributed by atoms with Crippen molar-refractivity contribution in [1.29, 1.82) is 0 Å². The van der Waals surface area contributed by atoms with Crippen molar-refractivity contribution < 1.29 is 14.4 Å². The lowest BCUT2D eigenvalue weighted by molar-refractivity contribution is -0.127. The summed E-state index contributed by atoms with van der Waals surface area (Å²) >= 11 is 0. The summed E-state index contributed by atoms with van der Waals surface area (Å²) in [5.41, 5.74) is 2.89. The van der Waals surface area contributed by atoms with Gasteiger partial charge in [-0.3, -0.25) is 14.4 Å². The maximum atomic E-state index is 13.4. The van der Waals surface area contributed by atoms with Crippen LogP contribution in [0, 0.1) is 11.2 Å². The van der Waals surface area contributed by atoms with Crippen molar-refractivity contribution in [2.75, 3.05) is 11.9 Å². The highest BCUT2D eigenvalue weighted by molar-refractivity contribution is 5.79. The van der Waals surface area contributed by atoms with Crippen LogP contribution in [0.1, 0.15) is 26.5 Å². The number of imidazole rings is 1. The van der Waals surface area contributed by atoms with Crippen LogP contribution < -0.4 is 10.8 Å². The zero-order valence-electron chi connectivity index (χ0n) is 12.3.